The second-order valence-corrected chi connectivity index (χ2v) is 6.30. The van der Waals surface area contributed by atoms with Crippen molar-refractivity contribution in [2.45, 2.75) is 30.4 Å². The average Bonchev–Trinajstić information content (AvgIpc) is 2.34. The number of carboxylic acids is 1. The van der Waals surface area contributed by atoms with Crippen molar-refractivity contribution >= 4 is 17.7 Å². The first-order chi connectivity index (χ1) is 8.76. The van der Waals surface area contributed by atoms with Gasteiger partial charge in [-0.15, -0.1) is 11.8 Å². The smallest absolute Gasteiger partial charge is 0.321 e. The van der Waals surface area contributed by atoms with Gasteiger partial charge in [-0.05, 0) is 37.6 Å². The molecule has 0 aliphatic rings. The number of hydrogen-bond donors (Lipinski definition) is 2. The van der Waals surface area contributed by atoms with Crippen LogP contribution in [0.4, 0.5) is 4.39 Å². The zero-order valence-electron chi connectivity index (χ0n) is 10.7. The van der Waals surface area contributed by atoms with Crippen molar-refractivity contribution in [3.8, 4) is 6.07 Å². The van der Waals surface area contributed by atoms with E-state index in [9.17, 15) is 9.18 Å². The molecule has 0 aliphatic carbocycles. The molecule has 0 spiro atoms. The highest BCUT2D eigenvalue weighted by Crippen LogP contribution is 2.31. The molecule has 19 heavy (non-hydrogen) atoms. The largest absolute Gasteiger partial charge is 0.480 e. The number of aliphatic carboxylic acids is 1. The van der Waals surface area contributed by atoms with Gasteiger partial charge in [-0.3, -0.25) is 4.79 Å². The van der Waals surface area contributed by atoms with Gasteiger partial charge in [0.15, 0.2) is 0 Å². The Labute approximate surface area is 115 Å². The molecule has 0 radical (unpaired) electrons. The number of halogens is 1. The van der Waals surface area contributed by atoms with Gasteiger partial charge < -0.3 is 10.8 Å². The number of carbonyl (C=O) groups is 1. The molecule has 3 N–H and O–H groups in total. The molecule has 1 atom stereocenters. The number of rotatable bonds is 5. The van der Waals surface area contributed by atoms with E-state index in [0.717, 1.165) is 6.07 Å². The Kier molecular flexibility index (Phi) is 4.92. The predicted molar refractivity (Wildman–Crippen MR) is 72.1 cm³/mol. The third-order valence-electron chi connectivity index (χ3n) is 2.71. The van der Waals surface area contributed by atoms with E-state index in [4.69, 9.17) is 16.1 Å². The molecule has 0 saturated carbocycles. The highest BCUT2D eigenvalue weighted by atomic mass is 32.2. The van der Waals surface area contributed by atoms with E-state index in [2.05, 4.69) is 0 Å². The minimum atomic E-state index is -1.07. The van der Waals surface area contributed by atoms with Crippen LogP contribution in [0, 0.1) is 17.1 Å². The summed E-state index contributed by atoms with van der Waals surface area (Å²) in [5.41, 5.74) is 6.48. The fourth-order valence-corrected chi connectivity index (χ4v) is 2.44. The molecule has 0 saturated heterocycles. The molecule has 0 aliphatic heterocycles. The van der Waals surface area contributed by atoms with E-state index in [-0.39, 0.29) is 5.56 Å². The first kappa shape index (κ1) is 15.5. The van der Waals surface area contributed by atoms with Gasteiger partial charge in [0, 0.05) is 10.5 Å². The second kappa shape index (κ2) is 6.04. The number of thioether (sulfide) groups is 1. The maximum absolute atomic E-state index is 13.2. The third-order valence-corrected chi connectivity index (χ3v) is 4.19. The van der Waals surface area contributed by atoms with E-state index in [1.165, 1.54) is 17.8 Å². The lowest BCUT2D eigenvalue weighted by Gasteiger charge is -2.28. The fourth-order valence-electron chi connectivity index (χ4n) is 1.45. The van der Waals surface area contributed by atoms with Crippen molar-refractivity contribution in [1.82, 2.24) is 0 Å². The number of nitriles is 1. The summed E-state index contributed by atoms with van der Waals surface area (Å²) in [4.78, 5) is 10.9. The average molecular weight is 282 g/mol. The standard InChI is InChI=1S/C13H15FN2O2S/c1-13(2,11(16)12(17)18)19-7-9-3-8(6-15)4-10(14)5-9/h3-5,11H,7,16H2,1-2H3,(H,17,18)/t11-/m0/s1. The van der Waals surface area contributed by atoms with Gasteiger partial charge in [0.05, 0.1) is 11.6 Å². The molecule has 0 aromatic heterocycles. The maximum Gasteiger partial charge on any atom is 0.321 e. The Bertz CT molecular complexity index is 526. The van der Waals surface area contributed by atoms with Gasteiger partial charge in [0.25, 0.3) is 0 Å². The van der Waals surface area contributed by atoms with Crippen LogP contribution in [-0.4, -0.2) is 21.9 Å². The molecular formula is C13H15FN2O2S. The highest BCUT2D eigenvalue weighted by Gasteiger charge is 2.32. The Balaban J connectivity index is 2.79. The third kappa shape index (κ3) is 4.23. The van der Waals surface area contributed by atoms with Crippen molar-refractivity contribution in [2.75, 3.05) is 0 Å². The maximum atomic E-state index is 13.2. The number of nitrogens with zero attached hydrogens (tertiary/aromatic N) is 1. The van der Waals surface area contributed by atoms with E-state index in [0.29, 0.717) is 11.3 Å². The molecule has 0 amide bonds. The Hall–Kier alpha value is -1.58. The summed E-state index contributed by atoms with van der Waals surface area (Å²) in [5.74, 6) is -1.16. The van der Waals surface area contributed by atoms with Crippen LogP contribution in [-0.2, 0) is 10.5 Å². The molecular weight excluding hydrogens is 267 g/mol. The van der Waals surface area contributed by atoms with Gasteiger partial charge in [0.1, 0.15) is 11.9 Å². The number of carboxylic acid groups (broad SMARTS) is 1. The van der Waals surface area contributed by atoms with Crippen molar-refractivity contribution in [3.05, 3.63) is 35.1 Å². The molecule has 0 bridgehead atoms. The Morgan fingerprint density at radius 2 is 2.21 bits per heavy atom. The van der Waals surface area contributed by atoms with Crippen LogP contribution in [0.15, 0.2) is 18.2 Å². The minimum Gasteiger partial charge on any atom is -0.480 e. The van der Waals surface area contributed by atoms with Gasteiger partial charge in [-0.25, -0.2) is 4.39 Å². The van der Waals surface area contributed by atoms with Crippen molar-refractivity contribution < 1.29 is 14.3 Å². The minimum absolute atomic E-state index is 0.246. The van der Waals surface area contributed by atoms with E-state index in [1.54, 1.807) is 19.9 Å². The number of benzene rings is 1. The van der Waals surface area contributed by atoms with Crippen LogP contribution in [0.5, 0.6) is 0 Å². The zero-order valence-corrected chi connectivity index (χ0v) is 11.5. The normalized spacial score (nSPS) is 12.8. The van der Waals surface area contributed by atoms with Crippen LogP contribution in [0.25, 0.3) is 0 Å². The van der Waals surface area contributed by atoms with Crippen LogP contribution in [0.2, 0.25) is 0 Å². The summed E-state index contributed by atoms with van der Waals surface area (Å²) in [6, 6.07) is 4.93. The molecule has 4 nitrogen and oxygen atoms in total. The lowest BCUT2D eigenvalue weighted by Crippen LogP contribution is -2.46. The first-order valence-electron chi connectivity index (χ1n) is 5.58. The van der Waals surface area contributed by atoms with Crippen LogP contribution in [0.3, 0.4) is 0 Å². The topological polar surface area (TPSA) is 87.1 Å². The lowest BCUT2D eigenvalue weighted by molar-refractivity contribution is -0.139. The van der Waals surface area contributed by atoms with Crippen LogP contribution >= 0.6 is 11.8 Å². The van der Waals surface area contributed by atoms with Crippen molar-refractivity contribution in [1.29, 1.82) is 5.26 Å². The monoisotopic (exact) mass is 282 g/mol. The Morgan fingerprint density at radius 3 is 2.74 bits per heavy atom. The second-order valence-electron chi connectivity index (χ2n) is 4.67. The molecule has 1 rings (SSSR count). The summed E-state index contributed by atoms with van der Waals surface area (Å²) in [6.07, 6.45) is 0. The number of hydrogen-bond acceptors (Lipinski definition) is 4. The molecule has 0 heterocycles. The van der Waals surface area contributed by atoms with E-state index in [1.807, 2.05) is 6.07 Å². The summed E-state index contributed by atoms with van der Waals surface area (Å²) < 4.78 is 12.6. The molecule has 1 aromatic rings. The summed E-state index contributed by atoms with van der Waals surface area (Å²) in [5, 5.41) is 17.7. The van der Waals surface area contributed by atoms with Crippen molar-refractivity contribution in [2.24, 2.45) is 5.73 Å². The zero-order chi connectivity index (χ0) is 14.6. The molecule has 0 fully saturated rings. The lowest BCUT2D eigenvalue weighted by atomic mass is 10.1. The van der Waals surface area contributed by atoms with Gasteiger partial charge >= 0.3 is 5.97 Å². The number of nitrogens with two attached hydrogens (primary N) is 1. The Morgan fingerprint density at radius 1 is 1.58 bits per heavy atom. The summed E-state index contributed by atoms with van der Waals surface area (Å²) in [7, 11) is 0. The fraction of sp³-hybridized carbons (Fsp3) is 0.385. The van der Waals surface area contributed by atoms with Gasteiger partial charge in [-0.1, -0.05) is 0 Å². The molecule has 0 unspecified atom stereocenters. The van der Waals surface area contributed by atoms with Crippen LogP contribution in [0.1, 0.15) is 25.0 Å². The molecule has 1 aromatic carbocycles. The summed E-state index contributed by atoms with van der Waals surface area (Å²) in [6.45, 7) is 3.45. The highest BCUT2D eigenvalue weighted by molar-refractivity contribution is 7.99. The quantitative estimate of drug-likeness (QED) is 0.863. The predicted octanol–water partition coefficient (Wildman–Crippen LogP) is 2.12. The molecule has 6 heteroatoms. The van der Waals surface area contributed by atoms with Crippen molar-refractivity contribution in [3.63, 3.8) is 0 Å². The summed E-state index contributed by atoms with van der Waals surface area (Å²) >= 11 is 1.31. The van der Waals surface area contributed by atoms with Gasteiger partial charge in [-0.2, -0.15) is 5.26 Å². The first-order valence-corrected chi connectivity index (χ1v) is 6.57. The molecule has 102 valence electrons. The van der Waals surface area contributed by atoms with E-state index < -0.39 is 22.6 Å². The van der Waals surface area contributed by atoms with E-state index >= 15 is 0 Å². The SMILES string of the molecule is CC(C)(SCc1cc(F)cc(C#N)c1)[C@@H](N)C(=O)O. The van der Waals surface area contributed by atoms with Gasteiger partial charge in [0.2, 0.25) is 0 Å². The van der Waals surface area contributed by atoms with Crippen LogP contribution < -0.4 is 5.73 Å².